The normalized spacial score (nSPS) is 11.1. The van der Waals surface area contributed by atoms with Crippen LogP contribution in [0.3, 0.4) is 0 Å². The first-order chi connectivity index (χ1) is 7.70. The molecule has 1 rings (SSSR count). The van der Waals surface area contributed by atoms with Crippen LogP contribution in [0.5, 0.6) is 0 Å². The minimum Gasteiger partial charge on any atom is -0.269 e. The lowest BCUT2D eigenvalue weighted by Gasteiger charge is -2.08. The van der Waals surface area contributed by atoms with Crippen molar-refractivity contribution >= 4 is 23.2 Å². The lowest BCUT2D eigenvalue weighted by Crippen LogP contribution is -2.37. The van der Waals surface area contributed by atoms with Crippen LogP contribution in [-0.2, 0) is 0 Å². The molecule has 0 aromatic heterocycles. The first kappa shape index (κ1) is 13.2. The summed E-state index contributed by atoms with van der Waals surface area (Å²) in [5.74, 6) is -1.49. The van der Waals surface area contributed by atoms with Gasteiger partial charge in [-0.1, -0.05) is 11.6 Å². The summed E-state index contributed by atoms with van der Waals surface area (Å²) in [6.45, 7) is 0. The van der Waals surface area contributed by atoms with E-state index < -0.39 is 28.4 Å². The molecule has 0 saturated carbocycles. The molecule has 5 nitrogen and oxygen atoms in total. The SMILES string of the molecule is O=C(NC(F)(F)F)c1ccc(Cl)c([N+](=O)[O-])c1. The zero-order valence-electron chi connectivity index (χ0n) is 7.92. The average molecular weight is 269 g/mol. The third-order valence-corrected chi connectivity index (χ3v) is 1.98. The number of carbonyl (C=O) groups excluding carboxylic acids is 1. The third-order valence-electron chi connectivity index (χ3n) is 1.66. The van der Waals surface area contributed by atoms with Crippen molar-refractivity contribution in [3.8, 4) is 0 Å². The molecule has 92 valence electrons. The molecular weight excluding hydrogens is 265 g/mol. The van der Waals surface area contributed by atoms with Crippen molar-refractivity contribution in [2.75, 3.05) is 0 Å². The predicted molar refractivity (Wildman–Crippen MR) is 51.6 cm³/mol. The first-order valence-electron chi connectivity index (χ1n) is 4.04. The second-order valence-electron chi connectivity index (χ2n) is 2.88. The molecule has 1 amide bonds. The van der Waals surface area contributed by atoms with Crippen LogP contribution in [0.4, 0.5) is 18.9 Å². The Morgan fingerprint density at radius 3 is 2.47 bits per heavy atom. The van der Waals surface area contributed by atoms with E-state index in [0.717, 1.165) is 12.1 Å². The third kappa shape index (κ3) is 3.59. The van der Waals surface area contributed by atoms with Crippen molar-refractivity contribution in [1.82, 2.24) is 5.32 Å². The maximum atomic E-state index is 11.8. The molecule has 0 atom stereocenters. The van der Waals surface area contributed by atoms with Crippen LogP contribution in [-0.4, -0.2) is 17.1 Å². The molecule has 17 heavy (non-hydrogen) atoms. The van der Waals surface area contributed by atoms with Gasteiger partial charge in [0.05, 0.1) is 4.92 Å². The molecule has 0 bridgehead atoms. The molecule has 0 radical (unpaired) electrons. The average Bonchev–Trinajstić information content (AvgIpc) is 2.14. The molecule has 0 aliphatic carbocycles. The minimum atomic E-state index is -4.90. The Morgan fingerprint density at radius 2 is 2.00 bits per heavy atom. The number of nitro benzene ring substituents is 1. The van der Waals surface area contributed by atoms with E-state index in [4.69, 9.17) is 11.6 Å². The number of alkyl halides is 3. The van der Waals surface area contributed by atoms with Gasteiger partial charge in [-0.15, -0.1) is 0 Å². The van der Waals surface area contributed by atoms with Crippen molar-refractivity contribution < 1.29 is 22.9 Å². The number of halogens is 4. The van der Waals surface area contributed by atoms with Gasteiger partial charge >= 0.3 is 6.30 Å². The summed E-state index contributed by atoms with van der Waals surface area (Å²) in [7, 11) is 0. The van der Waals surface area contributed by atoms with Gasteiger partial charge in [-0.25, -0.2) is 0 Å². The number of carbonyl (C=O) groups is 1. The molecule has 9 heteroatoms. The molecule has 1 N–H and O–H groups in total. The fourth-order valence-electron chi connectivity index (χ4n) is 0.995. The molecule has 0 saturated heterocycles. The highest BCUT2D eigenvalue weighted by Crippen LogP contribution is 2.25. The monoisotopic (exact) mass is 268 g/mol. The van der Waals surface area contributed by atoms with E-state index in [1.165, 1.54) is 0 Å². The maximum Gasteiger partial charge on any atom is 0.484 e. The van der Waals surface area contributed by atoms with E-state index in [-0.39, 0.29) is 5.02 Å². The fraction of sp³-hybridized carbons (Fsp3) is 0.125. The van der Waals surface area contributed by atoms with Gasteiger partial charge in [0.2, 0.25) is 0 Å². The summed E-state index contributed by atoms with van der Waals surface area (Å²) in [5.41, 5.74) is -1.14. The highest BCUT2D eigenvalue weighted by molar-refractivity contribution is 6.32. The minimum absolute atomic E-state index is 0.265. The number of hydrogen-bond donors (Lipinski definition) is 1. The largest absolute Gasteiger partial charge is 0.484 e. The Hall–Kier alpha value is -1.83. The van der Waals surface area contributed by atoms with E-state index in [0.29, 0.717) is 11.4 Å². The molecule has 0 unspecified atom stereocenters. The molecule has 0 aliphatic heterocycles. The van der Waals surface area contributed by atoms with Crippen LogP contribution in [0.2, 0.25) is 5.02 Å². The summed E-state index contributed by atoms with van der Waals surface area (Å²) in [6, 6.07) is 2.60. The van der Waals surface area contributed by atoms with Crippen molar-refractivity contribution in [2.45, 2.75) is 6.30 Å². The molecule has 0 aliphatic rings. The molecule has 1 aromatic carbocycles. The Balaban J connectivity index is 3.04. The van der Waals surface area contributed by atoms with E-state index in [1.807, 2.05) is 0 Å². The van der Waals surface area contributed by atoms with Gasteiger partial charge in [0.25, 0.3) is 11.6 Å². The second kappa shape index (κ2) is 4.58. The van der Waals surface area contributed by atoms with E-state index in [9.17, 15) is 28.1 Å². The second-order valence-corrected chi connectivity index (χ2v) is 3.28. The van der Waals surface area contributed by atoms with E-state index in [1.54, 1.807) is 0 Å². The van der Waals surface area contributed by atoms with Crippen LogP contribution in [0.15, 0.2) is 18.2 Å². The Morgan fingerprint density at radius 1 is 1.41 bits per heavy atom. The molecule has 1 aromatic rings. The molecule has 0 fully saturated rings. The van der Waals surface area contributed by atoms with Gasteiger partial charge in [-0.3, -0.25) is 20.2 Å². The number of nitrogens with zero attached hydrogens (tertiary/aromatic N) is 1. The van der Waals surface area contributed by atoms with E-state index in [2.05, 4.69) is 0 Å². The fourth-order valence-corrected chi connectivity index (χ4v) is 1.18. The number of amides is 1. The van der Waals surface area contributed by atoms with Crippen LogP contribution >= 0.6 is 11.6 Å². The maximum absolute atomic E-state index is 11.8. The van der Waals surface area contributed by atoms with Gasteiger partial charge in [-0.05, 0) is 12.1 Å². The van der Waals surface area contributed by atoms with Crippen molar-refractivity contribution in [3.63, 3.8) is 0 Å². The van der Waals surface area contributed by atoms with Crippen molar-refractivity contribution in [3.05, 3.63) is 38.9 Å². The number of benzene rings is 1. The Labute approximate surface area is 97.3 Å². The lowest BCUT2D eigenvalue weighted by atomic mass is 10.2. The predicted octanol–water partition coefficient (Wildman–Crippen LogP) is 2.50. The quantitative estimate of drug-likeness (QED) is 0.509. The number of hydrogen-bond acceptors (Lipinski definition) is 3. The number of rotatable bonds is 2. The first-order valence-corrected chi connectivity index (χ1v) is 4.41. The topological polar surface area (TPSA) is 72.2 Å². The number of nitrogens with one attached hydrogen (secondary N) is 1. The zero-order valence-corrected chi connectivity index (χ0v) is 8.67. The summed E-state index contributed by atoms with van der Waals surface area (Å²) in [4.78, 5) is 20.6. The summed E-state index contributed by atoms with van der Waals surface area (Å²) in [6.07, 6.45) is -4.90. The molecular formula is C8H4ClF3N2O3. The van der Waals surface area contributed by atoms with Crippen LogP contribution in [0.25, 0.3) is 0 Å². The van der Waals surface area contributed by atoms with Crippen molar-refractivity contribution in [1.29, 1.82) is 0 Å². The lowest BCUT2D eigenvalue weighted by molar-refractivity contribution is -0.384. The Bertz CT molecular complexity index is 476. The Kier molecular flexibility index (Phi) is 3.56. The van der Waals surface area contributed by atoms with Crippen LogP contribution in [0, 0.1) is 10.1 Å². The van der Waals surface area contributed by atoms with Crippen LogP contribution < -0.4 is 5.32 Å². The van der Waals surface area contributed by atoms with Gasteiger partial charge < -0.3 is 0 Å². The molecule has 0 spiro atoms. The van der Waals surface area contributed by atoms with Gasteiger partial charge in [-0.2, -0.15) is 13.2 Å². The van der Waals surface area contributed by atoms with E-state index >= 15 is 0 Å². The highest BCUT2D eigenvalue weighted by Gasteiger charge is 2.31. The number of nitro groups is 1. The van der Waals surface area contributed by atoms with Gasteiger partial charge in [0.1, 0.15) is 5.02 Å². The zero-order chi connectivity index (χ0) is 13.2. The van der Waals surface area contributed by atoms with Crippen molar-refractivity contribution in [2.24, 2.45) is 0 Å². The smallest absolute Gasteiger partial charge is 0.269 e. The molecule has 0 heterocycles. The standard InChI is InChI=1S/C8H4ClF3N2O3/c9-5-2-1-4(3-6(5)14(16)17)7(15)13-8(10,11)12/h1-3H,(H,13,15). The summed E-state index contributed by atoms with van der Waals surface area (Å²) < 4.78 is 35.5. The van der Waals surface area contributed by atoms with Gasteiger partial charge in [0, 0.05) is 11.6 Å². The highest BCUT2D eigenvalue weighted by atomic mass is 35.5. The van der Waals surface area contributed by atoms with Crippen LogP contribution in [0.1, 0.15) is 10.4 Å². The summed E-state index contributed by atoms with van der Waals surface area (Å²) >= 11 is 5.43. The summed E-state index contributed by atoms with van der Waals surface area (Å²) in [5, 5.41) is 10.9. The van der Waals surface area contributed by atoms with Gasteiger partial charge in [0.15, 0.2) is 0 Å².